The highest BCUT2D eigenvalue weighted by Crippen LogP contribution is 2.23. The molecule has 2 N–H and O–H groups in total. The largest absolute Gasteiger partial charge is 0.439 e. The molecule has 0 aliphatic carbocycles. The number of carbonyl (C=O) groups excluding carboxylic acids is 2. The quantitative estimate of drug-likeness (QED) is 0.821. The summed E-state index contributed by atoms with van der Waals surface area (Å²) in [6, 6.07) is 10.2. The van der Waals surface area contributed by atoms with E-state index < -0.39 is 6.04 Å². The number of rotatable bonds is 4. The third-order valence-corrected chi connectivity index (χ3v) is 4.35. The van der Waals surface area contributed by atoms with E-state index in [0.29, 0.717) is 30.2 Å². The van der Waals surface area contributed by atoms with Crippen LogP contribution in [0.4, 0.5) is 0 Å². The Balaban J connectivity index is 1.63. The number of halogens is 1. The number of nitrogens with one attached hydrogen (secondary N) is 2. The fraction of sp³-hybridized carbons (Fsp3) is 0.278. The van der Waals surface area contributed by atoms with Crippen LogP contribution in [0, 0.1) is 0 Å². The summed E-state index contributed by atoms with van der Waals surface area (Å²) >= 11 is 3.38. The van der Waals surface area contributed by atoms with E-state index >= 15 is 0 Å². The number of hydrogen-bond donors (Lipinski definition) is 2. The van der Waals surface area contributed by atoms with Crippen molar-refractivity contribution in [1.29, 1.82) is 0 Å². The Morgan fingerprint density at radius 3 is 2.92 bits per heavy atom. The lowest BCUT2D eigenvalue weighted by Gasteiger charge is -2.15. The van der Waals surface area contributed by atoms with Gasteiger partial charge >= 0.3 is 0 Å². The van der Waals surface area contributed by atoms with Gasteiger partial charge in [-0.25, -0.2) is 4.98 Å². The van der Waals surface area contributed by atoms with Gasteiger partial charge in [0.05, 0.1) is 5.56 Å². The number of ether oxygens (including phenoxy) is 1. The monoisotopic (exact) mass is 403 g/mol. The summed E-state index contributed by atoms with van der Waals surface area (Å²) < 4.78 is 6.55. The highest BCUT2D eigenvalue weighted by molar-refractivity contribution is 9.10. The van der Waals surface area contributed by atoms with Gasteiger partial charge in [0.2, 0.25) is 11.8 Å². The fourth-order valence-corrected chi connectivity index (χ4v) is 2.92. The number of carbonyl (C=O) groups is 2. The van der Waals surface area contributed by atoms with Crippen molar-refractivity contribution in [1.82, 2.24) is 15.6 Å². The van der Waals surface area contributed by atoms with Crippen molar-refractivity contribution in [2.45, 2.75) is 25.3 Å². The first-order valence-electron chi connectivity index (χ1n) is 8.10. The molecule has 0 radical (unpaired) electrons. The molecule has 1 aliphatic rings. The van der Waals surface area contributed by atoms with Crippen molar-refractivity contribution < 1.29 is 14.3 Å². The molecule has 1 aromatic carbocycles. The number of pyridine rings is 1. The minimum absolute atomic E-state index is 0.131. The number of amides is 2. The topological polar surface area (TPSA) is 80.3 Å². The molecule has 1 aliphatic heterocycles. The van der Waals surface area contributed by atoms with Crippen molar-refractivity contribution in [3.8, 4) is 11.6 Å². The predicted octanol–water partition coefficient (Wildman–Crippen LogP) is 3.03. The van der Waals surface area contributed by atoms with Gasteiger partial charge in [0, 0.05) is 23.3 Å². The van der Waals surface area contributed by atoms with Gasteiger partial charge in [0.25, 0.3) is 5.91 Å². The molecule has 1 fully saturated rings. The van der Waals surface area contributed by atoms with Crippen LogP contribution in [0.5, 0.6) is 11.6 Å². The van der Waals surface area contributed by atoms with E-state index in [1.807, 2.05) is 24.3 Å². The SMILES string of the molecule is O=C(NC1CCCCNC1=O)c1ccc(Oc2cccc(Br)c2)nc1. The van der Waals surface area contributed by atoms with E-state index in [0.717, 1.165) is 17.3 Å². The lowest BCUT2D eigenvalue weighted by atomic mass is 10.1. The summed E-state index contributed by atoms with van der Waals surface area (Å²) in [5.41, 5.74) is 0.388. The van der Waals surface area contributed by atoms with E-state index in [9.17, 15) is 9.59 Å². The molecule has 3 rings (SSSR count). The molecule has 130 valence electrons. The second kappa shape index (κ2) is 8.11. The fourth-order valence-electron chi connectivity index (χ4n) is 2.54. The van der Waals surface area contributed by atoms with Gasteiger partial charge in [-0.05, 0) is 43.5 Å². The highest BCUT2D eigenvalue weighted by Gasteiger charge is 2.22. The minimum atomic E-state index is -0.493. The molecule has 0 spiro atoms. The van der Waals surface area contributed by atoms with Crippen molar-refractivity contribution in [3.63, 3.8) is 0 Å². The molecular weight excluding hydrogens is 386 g/mol. The molecular formula is C18H18BrN3O3. The van der Waals surface area contributed by atoms with Crippen LogP contribution in [0.25, 0.3) is 0 Å². The Bertz CT molecular complexity index is 764. The van der Waals surface area contributed by atoms with Crippen molar-refractivity contribution >= 4 is 27.7 Å². The van der Waals surface area contributed by atoms with Crippen LogP contribution in [0.2, 0.25) is 0 Å². The van der Waals surface area contributed by atoms with Crippen LogP contribution in [0.15, 0.2) is 47.1 Å². The number of aromatic nitrogens is 1. The zero-order chi connectivity index (χ0) is 17.6. The summed E-state index contributed by atoms with van der Waals surface area (Å²) in [7, 11) is 0. The average molecular weight is 404 g/mol. The molecule has 1 unspecified atom stereocenters. The first kappa shape index (κ1) is 17.4. The van der Waals surface area contributed by atoms with Crippen molar-refractivity contribution in [3.05, 3.63) is 52.6 Å². The zero-order valence-electron chi connectivity index (χ0n) is 13.5. The maximum absolute atomic E-state index is 12.3. The summed E-state index contributed by atoms with van der Waals surface area (Å²) in [6.07, 6.45) is 3.93. The Morgan fingerprint density at radius 2 is 2.16 bits per heavy atom. The van der Waals surface area contributed by atoms with Gasteiger partial charge in [-0.2, -0.15) is 0 Å². The van der Waals surface area contributed by atoms with E-state index in [2.05, 4.69) is 31.5 Å². The van der Waals surface area contributed by atoms with Gasteiger partial charge in [-0.15, -0.1) is 0 Å². The Kier molecular flexibility index (Phi) is 5.65. The van der Waals surface area contributed by atoms with Crippen molar-refractivity contribution in [2.24, 2.45) is 0 Å². The lowest BCUT2D eigenvalue weighted by Crippen LogP contribution is -2.45. The van der Waals surface area contributed by atoms with Gasteiger partial charge in [-0.1, -0.05) is 22.0 Å². The van der Waals surface area contributed by atoms with Crippen LogP contribution in [-0.2, 0) is 4.79 Å². The average Bonchev–Trinajstić information content (AvgIpc) is 2.80. The van der Waals surface area contributed by atoms with Crippen LogP contribution < -0.4 is 15.4 Å². The summed E-state index contributed by atoms with van der Waals surface area (Å²) in [5.74, 6) is 0.591. The molecule has 1 atom stereocenters. The van der Waals surface area contributed by atoms with Gasteiger partial charge < -0.3 is 15.4 Å². The van der Waals surface area contributed by atoms with Crippen LogP contribution in [0.1, 0.15) is 29.6 Å². The molecule has 25 heavy (non-hydrogen) atoms. The van der Waals surface area contributed by atoms with Crippen LogP contribution in [-0.4, -0.2) is 29.4 Å². The standard InChI is InChI=1S/C18H18BrN3O3/c19-13-4-3-5-14(10-13)25-16-8-7-12(11-21-16)17(23)22-15-6-1-2-9-20-18(15)24/h3-5,7-8,10-11,15H,1-2,6,9H2,(H,20,24)(H,22,23). The van der Waals surface area contributed by atoms with Gasteiger partial charge in [0.15, 0.2) is 0 Å². The lowest BCUT2D eigenvalue weighted by molar-refractivity contribution is -0.122. The smallest absolute Gasteiger partial charge is 0.253 e. The maximum Gasteiger partial charge on any atom is 0.253 e. The Hall–Kier alpha value is -2.41. The molecule has 1 saturated heterocycles. The zero-order valence-corrected chi connectivity index (χ0v) is 15.1. The molecule has 7 heteroatoms. The molecule has 2 aromatic rings. The number of benzene rings is 1. The van der Waals surface area contributed by atoms with E-state index in [4.69, 9.17) is 4.74 Å². The Labute approximate surface area is 154 Å². The first-order valence-corrected chi connectivity index (χ1v) is 8.89. The second-order valence-corrected chi connectivity index (χ2v) is 6.67. The summed E-state index contributed by atoms with van der Waals surface area (Å²) in [5, 5.41) is 5.56. The summed E-state index contributed by atoms with van der Waals surface area (Å²) in [6.45, 7) is 0.661. The molecule has 1 aromatic heterocycles. The Morgan fingerprint density at radius 1 is 1.28 bits per heavy atom. The molecule has 2 heterocycles. The normalized spacial score (nSPS) is 17.3. The van der Waals surface area contributed by atoms with Crippen molar-refractivity contribution in [2.75, 3.05) is 6.54 Å². The molecule has 2 amide bonds. The van der Waals surface area contributed by atoms with Crippen LogP contribution in [0.3, 0.4) is 0 Å². The third-order valence-electron chi connectivity index (χ3n) is 3.86. The van der Waals surface area contributed by atoms with Crippen LogP contribution >= 0.6 is 15.9 Å². The van der Waals surface area contributed by atoms with E-state index in [1.165, 1.54) is 6.20 Å². The summed E-state index contributed by atoms with van der Waals surface area (Å²) in [4.78, 5) is 28.4. The predicted molar refractivity (Wildman–Crippen MR) is 96.6 cm³/mol. The number of hydrogen-bond acceptors (Lipinski definition) is 4. The highest BCUT2D eigenvalue weighted by atomic mass is 79.9. The third kappa shape index (κ3) is 4.79. The van der Waals surface area contributed by atoms with E-state index in [1.54, 1.807) is 12.1 Å². The second-order valence-electron chi connectivity index (χ2n) is 5.76. The van der Waals surface area contributed by atoms with E-state index in [-0.39, 0.29) is 11.8 Å². The molecule has 6 nitrogen and oxygen atoms in total. The van der Waals surface area contributed by atoms with Gasteiger partial charge in [0.1, 0.15) is 11.8 Å². The van der Waals surface area contributed by atoms with Gasteiger partial charge in [-0.3, -0.25) is 9.59 Å². The first-order chi connectivity index (χ1) is 12.1. The maximum atomic E-state index is 12.3. The molecule has 0 bridgehead atoms. The number of nitrogens with zero attached hydrogens (tertiary/aromatic N) is 1. The molecule has 0 saturated carbocycles. The minimum Gasteiger partial charge on any atom is -0.439 e.